The molecule has 1 fully saturated rings. The van der Waals surface area contributed by atoms with Crippen LogP contribution in [0, 0.1) is 6.92 Å². The predicted molar refractivity (Wildman–Crippen MR) is 101 cm³/mol. The lowest BCUT2D eigenvalue weighted by Crippen LogP contribution is -2.36. The van der Waals surface area contributed by atoms with Gasteiger partial charge in [-0.05, 0) is 37.3 Å². The molecule has 2 aromatic carbocycles. The third-order valence-corrected chi connectivity index (χ3v) is 4.95. The van der Waals surface area contributed by atoms with Crippen LogP contribution in [0.5, 0.6) is 5.75 Å². The van der Waals surface area contributed by atoms with Crippen LogP contribution in [0.3, 0.4) is 0 Å². The summed E-state index contributed by atoms with van der Waals surface area (Å²) in [5.74, 6) is 0.934. The molecule has 1 amide bonds. The van der Waals surface area contributed by atoms with E-state index in [2.05, 4.69) is 17.0 Å². The van der Waals surface area contributed by atoms with Crippen molar-refractivity contribution in [3.05, 3.63) is 59.2 Å². The number of fused-ring (bicyclic) bond motifs is 1. The van der Waals surface area contributed by atoms with E-state index in [4.69, 9.17) is 9.47 Å². The predicted octanol–water partition coefficient (Wildman–Crippen LogP) is 2.87. The minimum absolute atomic E-state index is 0.0573. The molecule has 0 atom stereocenters. The van der Waals surface area contributed by atoms with Crippen molar-refractivity contribution in [3.8, 4) is 5.75 Å². The highest BCUT2D eigenvalue weighted by molar-refractivity contribution is 5.94. The van der Waals surface area contributed by atoms with E-state index in [0.717, 1.165) is 48.7 Å². The van der Waals surface area contributed by atoms with Crippen LogP contribution in [0.2, 0.25) is 0 Å². The van der Waals surface area contributed by atoms with Gasteiger partial charge >= 0.3 is 0 Å². The molecule has 1 saturated heterocycles. The molecule has 5 heteroatoms. The van der Waals surface area contributed by atoms with Crippen molar-refractivity contribution in [1.29, 1.82) is 0 Å². The Morgan fingerprint density at radius 3 is 2.65 bits per heavy atom. The largest absolute Gasteiger partial charge is 0.491 e. The molecule has 0 radical (unpaired) electrons. The number of ether oxygens (including phenoxy) is 2. The lowest BCUT2D eigenvalue weighted by atomic mass is 10.1. The molecule has 0 unspecified atom stereocenters. The Morgan fingerprint density at radius 1 is 1.00 bits per heavy atom. The van der Waals surface area contributed by atoms with Gasteiger partial charge in [0.2, 0.25) is 0 Å². The number of aryl methyl sites for hydroxylation is 1. The summed E-state index contributed by atoms with van der Waals surface area (Å²) in [7, 11) is 0. The third kappa shape index (κ3) is 3.53. The molecule has 0 aliphatic carbocycles. The first-order valence-electron chi connectivity index (χ1n) is 9.15. The molecule has 0 N–H and O–H groups in total. The number of nitrogens with zero attached hydrogens (tertiary/aromatic N) is 2. The molecule has 0 aromatic heterocycles. The van der Waals surface area contributed by atoms with E-state index in [1.54, 1.807) is 0 Å². The van der Waals surface area contributed by atoms with Crippen LogP contribution in [0.25, 0.3) is 0 Å². The second kappa shape index (κ2) is 7.38. The highest BCUT2D eigenvalue weighted by atomic mass is 16.5. The Balaban J connectivity index is 1.57. The number of anilines is 1. The smallest absolute Gasteiger partial charge is 0.254 e. The van der Waals surface area contributed by atoms with E-state index in [9.17, 15) is 4.79 Å². The number of rotatable bonds is 2. The van der Waals surface area contributed by atoms with Gasteiger partial charge in [0, 0.05) is 36.4 Å². The average Bonchev–Trinajstić information content (AvgIpc) is 2.90. The van der Waals surface area contributed by atoms with Crippen molar-refractivity contribution in [3.63, 3.8) is 0 Å². The maximum absolute atomic E-state index is 12.9. The molecular formula is C21H24N2O3. The van der Waals surface area contributed by atoms with Crippen LogP contribution >= 0.6 is 0 Å². The van der Waals surface area contributed by atoms with Crippen LogP contribution < -0.4 is 9.64 Å². The van der Waals surface area contributed by atoms with E-state index in [1.165, 1.54) is 5.69 Å². The van der Waals surface area contributed by atoms with Gasteiger partial charge in [0.25, 0.3) is 5.91 Å². The van der Waals surface area contributed by atoms with E-state index in [0.29, 0.717) is 19.7 Å². The molecule has 2 aliphatic rings. The van der Waals surface area contributed by atoms with Gasteiger partial charge in [0.05, 0.1) is 19.8 Å². The summed E-state index contributed by atoms with van der Waals surface area (Å²) in [6.45, 7) is 6.98. The molecule has 5 nitrogen and oxygen atoms in total. The quantitative estimate of drug-likeness (QED) is 0.833. The summed E-state index contributed by atoms with van der Waals surface area (Å²) < 4.78 is 11.3. The summed E-state index contributed by atoms with van der Waals surface area (Å²) in [5, 5.41) is 0. The van der Waals surface area contributed by atoms with E-state index in [-0.39, 0.29) is 5.91 Å². The zero-order valence-electron chi connectivity index (χ0n) is 15.1. The standard InChI is InChI=1S/C21H24N2O3/c1-16-3-2-4-17(13-16)21(24)23-9-12-26-20-6-5-19(14-18(20)15-23)22-7-10-25-11-8-22/h2-6,13-14H,7-12,15H2,1H3. The first kappa shape index (κ1) is 16.9. The molecule has 136 valence electrons. The van der Waals surface area contributed by atoms with Gasteiger partial charge < -0.3 is 19.3 Å². The summed E-state index contributed by atoms with van der Waals surface area (Å²) in [4.78, 5) is 17.1. The Kier molecular flexibility index (Phi) is 4.80. The monoisotopic (exact) mass is 352 g/mol. The fourth-order valence-electron chi connectivity index (χ4n) is 3.53. The van der Waals surface area contributed by atoms with Crippen molar-refractivity contribution in [2.45, 2.75) is 13.5 Å². The number of carbonyl (C=O) groups excluding carboxylic acids is 1. The molecular weight excluding hydrogens is 328 g/mol. The van der Waals surface area contributed by atoms with Gasteiger partial charge in [-0.1, -0.05) is 17.7 Å². The SMILES string of the molecule is Cc1cccc(C(=O)N2CCOc3ccc(N4CCOCC4)cc3C2)c1. The average molecular weight is 352 g/mol. The van der Waals surface area contributed by atoms with E-state index >= 15 is 0 Å². The normalized spacial score (nSPS) is 17.3. The lowest BCUT2D eigenvalue weighted by Gasteiger charge is -2.29. The lowest BCUT2D eigenvalue weighted by molar-refractivity contribution is 0.0733. The molecule has 2 aliphatic heterocycles. The van der Waals surface area contributed by atoms with Crippen molar-refractivity contribution in [2.24, 2.45) is 0 Å². The van der Waals surface area contributed by atoms with E-state index < -0.39 is 0 Å². The Morgan fingerprint density at radius 2 is 1.85 bits per heavy atom. The number of amides is 1. The highest BCUT2D eigenvalue weighted by Crippen LogP contribution is 2.29. The van der Waals surface area contributed by atoms with Crippen molar-refractivity contribution in [2.75, 3.05) is 44.4 Å². The minimum Gasteiger partial charge on any atom is -0.491 e. The number of carbonyl (C=O) groups is 1. The van der Waals surface area contributed by atoms with Gasteiger partial charge in [-0.15, -0.1) is 0 Å². The van der Waals surface area contributed by atoms with Crippen molar-refractivity contribution >= 4 is 11.6 Å². The Bertz CT molecular complexity index is 800. The first-order valence-corrected chi connectivity index (χ1v) is 9.15. The fourth-order valence-corrected chi connectivity index (χ4v) is 3.53. The van der Waals surface area contributed by atoms with E-state index in [1.807, 2.05) is 42.2 Å². The van der Waals surface area contributed by atoms with Gasteiger partial charge in [-0.25, -0.2) is 0 Å². The second-order valence-electron chi connectivity index (χ2n) is 6.84. The Labute approximate surface area is 154 Å². The summed E-state index contributed by atoms with van der Waals surface area (Å²) >= 11 is 0. The van der Waals surface area contributed by atoms with Crippen LogP contribution in [0.1, 0.15) is 21.5 Å². The summed E-state index contributed by atoms with van der Waals surface area (Å²) in [5.41, 5.74) is 4.06. The molecule has 0 bridgehead atoms. The second-order valence-corrected chi connectivity index (χ2v) is 6.84. The van der Waals surface area contributed by atoms with Crippen molar-refractivity contribution < 1.29 is 14.3 Å². The number of morpholine rings is 1. The zero-order valence-corrected chi connectivity index (χ0v) is 15.1. The number of hydrogen-bond acceptors (Lipinski definition) is 4. The molecule has 26 heavy (non-hydrogen) atoms. The fraction of sp³-hybridized carbons (Fsp3) is 0.381. The maximum Gasteiger partial charge on any atom is 0.254 e. The molecule has 0 spiro atoms. The van der Waals surface area contributed by atoms with Crippen LogP contribution in [-0.2, 0) is 11.3 Å². The number of hydrogen-bond donors (Lipinski definition) is 0. The van der Waals surface area contributed by atoms with Gasteiger partial charge in [0.15, 0.2) is 0 Å². The molecule has 4 rings (SSSR count). The van der Waals surface area contributed by atoms with Gasteiger partial charge in [0.1, 0.15) is 12.4 Å². The Hall–Kier alpha value is -2.53. The topological polar surface area (TPSA) is 42.0 Å². The van der Waals surface area contributed by atoms with Gasteiger partial charge in [-0.3, -0.25) is 4.79 Å². The summed E-state index contributed by atoms with van der Waals surface area (Å²) in [6, 6.07) is 14.0. The van der Waals surface area contributed by atoms with Crippen molar-refractivity contribution in [1.82, 2.24) is 4.90 Å². The molecule has 0 saturated carbocycles. The molecule has 2 heterocycles. The highest BCUT2D eigenvalue weighted by Gasteiger charge is 2.22. The molecule has 2 aromatic rings. The minimum atomic E-state index is 0.0573. The van der Waals surface area contributed by atoms with Crippen LogP contribution in [0.15, 0.2) is 42.5 Å². The summed E-state index contributed by atoms with van der Waals surface area (Å²) in [6.07, 6.45) is 0. The zero-order chi connectivity index (χ0) is 17.9. The van der Waals surface area contributed by atoms with Crippen LogP contribution in [-0.4, -0.2) is 50.3 Å². The van der Waals surface area contributed by atoms with Crippen LogP contribution in [0.4, 0.5) is 5.69 Å². The van der Waals surface area contributed by atoms with Gasteiger partial charge in [-0.2, -0.15) is 0 Å². The first-order chi connectivity index (χ1) is 12.7. The third-order valence-electron chi connectivity index (χ3n) is 4.95. The number of benzene rings is 2. The maximum atomic E-state index is 12.9.